The number of phenols is 1. The first kappa shape index (κ1) is 19.9. The molecule has 27 heavy (non-hydrogen) atoms. The lowest BCUT2D eigenvalue weighted by atomic mass is 9.66. The molecule has 0 saturated carbocycles. The molecule has 1 aliphatic heterocycles. The van der Waals surface area contributed by atoms with Gasteiger partial charge in [-0.1, -0.05) is 19.9 Å². The largest absolute Gasteiger partial charge is 0.508 e. The molecule has 2 heterocycles. The second-order valence-electron chi connectivity index (χ2n) is 7.96. The van der Waals surface area contributed by atoms with Gasteiger partial charge < -0.3 is 14.9 Å². The molecule has 1 fully saturated rings. The van der Waals surface area contributed by atoms with Crippen molar-refractivity contribution in [2.45, 2.75) is 51.1 Å². The van der Waals surface area contributed by atoms with E-state index in [2.05, 4.69) is 32.7 Å². The summed E-state index contributed by atoms with van der Waals surface area (Å²) >= 11 is 1.55. The van der Waals surface area contributed by atoms with Gasteiger partial charge in [-0.25, -0.2) is 0 Å². The monoisotopic (exact) mass is 386 g/mol. The Labute approximate surface area is 166 Å². The molecule has 1 amide bonds. The molecular formula is C22H30N2O2S. The molecule has 0 radical (unpaired) electrons. The molecule has 2 aromatic rings. The van der Waals surface area contributed by atoms with Gasteiger partial charge in [0.15, 0.2) is 0 Å². The Hall–Kier alpha value is -1.85. The number of nitrogens with zero attached hydrogens (tertiary/aromatic N) is 2. The van der Waals surface area contributed by atoms with E-state index in [9.17, 15) is 9.90 Å². The first-order chi connectivity index (χ1) is 12.8. The summed E-state index contributed by atoms with van der Waals surface area (Å²) in [6.07, 6.45) is 1.85. The number of hydrogen-bond acceptors (Lipinski definition) is 4. The molecule has 1 aromatic carbocycles. The first-order valence-electron chi connectivity index (χ1n) is 9.61. The van der Waals surface area contributed by atoms with Crippen LogP contribution in [0.1, 0.15) is 48.7 Å². The molecular weight excluding hydrogens is 356 g/mol. The molecule has 3 rings (SSSR count). The Balaban J connectivity index is 2.09. The molecule has 1 saturated heterocycles. The molecule has 1 aliphatic rings. The highest BCUT2D eigenvalue weighted by Gasteiger charge is 2.48. The topological polar surface area (TPSA) is 43.8 Å². The number of likely N-dealkylation sites (N-methyl/N-ethyl adjacent to an activating group) is 2. The van der Waals surface area contributed by atoms with Crippen LogP contribution in [0.15, 0.2) is 35.0 Å². The smallest absolute Gasteiger partial charge is 0.254 e. The summed E-state index contributed by atoms with van der Waals surface area (Å²) in [5.41, 5.74) is 2.93. The summed E-state index contributed by atoms with van der Waals surface area (Å²) in [4.78, 5) is 17.4. The second-order valence-corrected chi connectivity index (χ2v) is 8.74. The fraction of sp³-hybridized carbons (Fsp3) is 0.500. The van der Waals surface area contributed by atoms with Crippen LogP contribution >= 0.6 is 11.3 Å². The highest BCUT2D eigenvalue weighted by molar-refractivity contribution is 7.08. The fourth-order valence-corrected chi connectivity index (χ4v) is 5.33. The minimum absolute atomic E-state index is 0.00995. The van der Waals surface area contributed by atoms with E-state index in [-0.39, 0.29) is 23.4 Å². The van der Waals surface area contributed by atoms with Gasteiger partial charge in [0, 0.05) is 23.9 Å². The van der Waals surface area contributed by atoms with Crippen LogP contribution in [0.25, 0.3) is 0 Å². The van der Waals surface area contributed by atoms with Crippen LogP contribution in [0.4, 0.5) is 0 Å². The molecule has 0 spiro atoms. The first-order valence-corrected chi connectivity index (χ1v) is 10.6. The highest BCUT2D eigenvalue weighted by Crippen LogP contribution is 2.43. The number of phenolic OH excluding ortho intramolecular Hbond substituents is 1. The number of carbonyl (C=O) groups excluding carboxylic acids is 1. The van der Waals surface area contributed by atoms with Crippen LogP contribution in [0.2, 0.25) is 0 Å². The van der Waals surface area contributed by atoms with Crippen LogP contribution in [-0.4, -0.2) is 53.5 Å². The van der Waals surface area contributed by atoms with Crippen LogP contribution in [0.3, 0.4) is 0 Å². The molecule has 1 N–H and O–H groups in total. The summed E-state index contributed by atoms with van der Waals surface area (Å²) in [5, 5.41) is 14.1. The standard InChI is InChI=1S/C22H30N2O2S/c1-6-16-7-8-18(25)13-19(16)22(3)10-11-23(4)15(2)20(22)24(5)21(26)17-9-12-27-14-17/h7-9,12-15,20,25H,6,10-11H2,1-5H3/t15-,20+,22?/m1/s1. The van der Waals surface area contributed by atoms with E-state index < -0.39 is 0 Å². The van der Waals surface area contributed by atoms with Crippen molar-refractivity contribution in [3.8, 4) is 5.75 Å². The summed E-state index contributed by atoms with van der Waals surface area (Å²) in [5.74, 6) is 0.355. The quantitative estimate of drug-likeness (QED) is 0.859. The molecule has 0 bridgehead atoms. The fourth-order valence-electron chi connectivity index (χ4n) is 4.70. The van der Waals surface area contributed by atoms with Gasteiger partial charge >= 0.3 is 0 Å². The summed E-state index contributed by atoms with van der Waals surface area (Å²) in [6, 6.07) is 7.81. The summed E-state index contributed by atoms with van der Waals surface area (Å²) in [6.45, 7) is 7.57. The Morgan fingerprint density at radius 3 is 2.78 bits per heavy atom. The zero-order valence-corrected chi connectivity index (χ0v) is 17.7. The molecule has 1 unspecified atom stereocenters. The number of aryl methyl sites for hydroxylation is 1. The summed E-state index contributed by atoms with van der Waals surface area (Å²) < 4.78 is 0. The van der Waals surface area contributed by atoms with Gasteiger partial charge in [-0.3, -0.25) is 4.79 Å². The van der Waals surface area contributed by atoms with Gasteiger partial charge in [0.1, 0.15) is 5.75 Å². The van der Waals surface area contributed by atoms with Crippen molar-refractivity contribution in [3.05, 3.63) is 51.7 Å². The van der Waals surface area contributed by atoms with Gasteiger partial charge in [-0.15, -0.1) is 0 Å². The molecule has 3 atom stereocenters. The van der Waals surface area contributed by atoms with Gasteiger partial charge in [0.25, 0.3) is 5.91 Å². The second kappa shape index (κ2) is 7.64. The summed E-state index contributed by atoms with van der Waals surface area (Å²) in [7, 11) is 4.05. The Morgan fingerprint density at radius 2 is 2.15 bits per heavy atom. The third kappa shape index (κ3) is 3.50. The van der Waals surface area contributed by atoms with E-state index in [1.54, 1.807) is 17.4 Å². The zero-order chi connectivity index (χ0) is 19.8. The van der Waals surface area contributed by atoms with Gasteiger partial charge in [-0.2, -0.15) is 11.3 Å². The number of likely N-dealkylation sites (tertiary alicyclic amines) is 1. The van der Waals surface area contributed by atoms with Crippen molar-refractivity contribution in [1.82, 2.24) is 9.80 Å². The van der Waals surface area contributed by atoms with Crippen molar-refractivity contribution in [3.63, 3.8) is 0 Å². The Bertz CT molecular complexity index is 805. The molecule has 146 valence electrons. The number of amides is 1. The predicted octanol–water partition coefficient (Wildman–Crippen LogP) is 4.14. The van der Waals surface area contributed by atoms with Crippen LogP contribution in [0, 0.1) is 0 Å². The average Bonchev–Trinajstić information content (AvgIpc) is 3.19. The van der Waals surface area contributed by atoms with Gasteiger partial charge in [0.2, 0.25) is 0 Å². The Kier molecular flexibility index (Phi) is 5.63. The minimum atomic E-state index is -0.226. The van der Waals surface area contributed by atoms with Crippen molar-refractivity contribution in [2.24, 2.45) is 0 Å². The van der Waals surface area contributed by atoms with Crippen molar-refractivity contribution >= 4 is 17.2 Å². The number of benzene rings is 1. The number of thiophene rings is 1. The van der Waals surface area contributed by atoms with E-state index in [1.807, 2.05) is 40.9 Å². The molecule has 4 nitrogen and oxygen atoms in total. The van der Waals surface area contributed by atoms with Gasteiger partial charge in [-0.05, 0) is 68.1 Å². The number of aromatic hydroxyl groups is 1. The van der Waals surface area contributed by atoms with Crippen molar-refractivity contribution < 1.29 is 9.90 Å². The zero-order valence-electron chi connectivity index (χ0n) is 16.9. The Morgan fingerprint density at radius 1 is 1.41 bits per heavy atom. The van der Waals surface area contributed by atoms with Crippen molar-refractivity contribution in [2.75, 3.05) is 20.6 Å². The maximum Gasteiger partial charge on any atom is 0.254 e. The number of hydrogen-bond donors (Lipinski definition) is 1. The van der Waals surface area contributed by atoms with Crippen molar-refractivity contribution in [1.29, 1.82) is 0 Å². The number of rotatable bonds is 4. The number of piperidine rings is 1. The highest BCUT2D eigenvalue weighted by atomic mass is 32.1. The van der Waals surface area contributed by atoms with Crippen LogP contribution < -0.4 is 0 Å². The predicted molar refractivity (Wildman–Crippen MR) is 112 cm³/mol. The lowest BCUT2D eigenvalue weighted by Gasteiger charge is -2.53. The normalized spacial score (nSPS) is 26.1. The molecule has 5 heteroatoms. The molecule has 1 aromatic heterocycles. The maximum atomic E-state index is 13.2. The van der Waals surface area contributed by atoms with E-state index in [0.29, 0.717) is 5.75 Å². The third-order valence-corrected chi connectivity index (χ3v) is 7.07. The van der Waals surface area contributed by atoms with E-state index in [0.717, 1.165) is 24.9 Å². The minimum Gasteiger partial charge on any atom is -0.508 e. The SMILES string of the molecule is CCc1ccc(O)cc1C1(C)CCN(C)[C@H](C)[C@@H]1N(C)C(=O)c1ccsc1. The number of carbonyl (C=O) groups is 1. The lowest BCUT2D eigenvalue weighted by molar-refractivity contribution is 0.0184. The van der Waals surface area contributed by atoms with E-state index in [1.165, 1.54) is 11.1 Å². The maximum absolute atomic E-state index is 13.2. The van der Waals surface area contributed by atoms with Crippen LogP contribution in [-0.2, 0) is 11.8 Å². The molecule has 0 aliphatic carbocycles. The average molecular weight is 387 g/mol. The lowest BCUT2D eigenvalue weighted by Crippen LogP contribution is -2.63. The van der Waals surface area contributed by atoms with E-state index >= 15 is 0 Å². The third-order valence-electron chi connectivity index (χ3n) is 6.38. The van der Waals surface area contributed by atoms with Gasteiger partial charge in [0.05, 0.1) is 11.6 Å². The van der Waals surface area contributed by atoms with Crippen LogP contribution in [0.5, 0.6) is 5.75 Å². The van der Waals surface area contributed by atoms with E-state index in [4.69, 9.17) is 0 Å².